The van der Waals surface area contributed by atoms with Crippen LogP contribution in [0.4, 0.5) is 18.9 Å². The van der Waals surface area contributed by atoms with Gasteiger partial charge in [0.05, 0.1) is 6.04 Å². The minimum absolute atomic E-state index is 0.0877. The zero-order valence-corrected chi connectivity index (χ0v) is 11.5. The molecule has 1 aliphatic rings. The molecule has 1 heterocycles. The molecule has 0 spiro atoms. The van der Waals surface area contributed by atoms with Crippen molar-refractivity contribution in [3.63, 3.8) is 0 Å². The zero-order valence-electron chi connectivity index (χ0n) is 10.7. The van der Waals surface area contributed by atoms with Gasteiger partial charge in [0.15, 0.2) is 0 Å². The monoisotopic (exact) mass is 313 g/mol. The van der Waals surface area contributed by atoms with Crippen molar-refractivity contribution in [2.24, 2.45) is 0 Å². The third kappa shape index (κ3) is 3.24. The zero-order chi connectivity index (χ0) is 15.0. The summed E-state index contributed by atoms with van der Waals surface area (Å²) in [6, 6.07) is 11.5. The highest BCUT2D eigenvalue weighted by Gasteiger charge is 2.31. The van der Waals surface area contributed by atoms with Crippen LogP contribution in [0.1, 0.15) is 17.2 Å². The molecule has 2 aromatic rings. The van der Waals surface area contributed by atoms with Gasteiger partial charge in [0, 0.05) is 10.7 Å². The highest BCUT2D eigenvalue weighted by molar-refractivity contribution is 6.30. The molecule has 2 nitrogen and oxygen atoms in total. The van der Waals surface area contributed by atoms with Crippen LogP contribution in [-0.4, -0.2) is 6.36 Å². The minimum atomic E-state index is -4.68. The van der Waals surface area contributed by atoms with Crippen LogP contribution >= 0.6 is 11.6 Å². The molecular weight excluding hydrogens is 303 g/mol. The molecule has 1 aliphatic heterocycles. The van der Waals surface area contributed by atoms with Crippen LogP contribution in [0, 0.1) is 0 Å². The largest absolute Gasteiger partial charge is 0.573 e. The average molecular weight is 314 g/mol. The normalized spacial score (nSPS) is 17.2. The summed E-state index contributed by atoms with van der Waals surface area (Å²) >= 11 is 5.93. The maximum absolute atomic E-state index is 12.3. The van der Waals surface area contributed by atoms with E-state index in [1.807, 2.05) is 12.1 Å². The average Bonchev–Trinajstić information content (AvgIpc) is 2.80. The summed E-state index contributed by atoms with van der Waals surface area (Å²) in [6.45, 7) is 0. The minimum Gasteiger partial charge on any atom is -0.406 e. The molecule has 21 heavy (non-hydrogen) atoms. The molecule has 0 bridgehead atoms. The summed E-state index contributed by atoms with van der Waals surface area (Å²) in [7, 11) is 0. The third-order valence-electron chi connectivity index (χ3n) is 3.32. The van der Waals surface area contributed by atoms with Crippen LogP contribution in [0.25, 0.3) is 0 Å². The predicted molar refractivity (Wildman–Crippen MR) is 74.6 cm³/mol. The van der Waals surface area contributed by atoms with Gasteiger partial charge in [0.2, 0.25) is 0 Å². The number of benzene rings is 2. The molecule has 0 aromatic heterocycles. The van der Waals surface area contributed by atoms with E-state index in [1.165, 1.54) is 12.1 Å². The van der Waals surface area contributed by atoms with Crippen LogP contribution in [0.3, 0.4) is 0 Å². The van der Waals surface area contributed by atoms with E-state index < -0.39 is 6.36 Å². The first-order chi connectivity index (χ1) is 9.90. The first-order valence-corrected chi connectivity index (χ1v) is 6.69. The van der Waals surface area contributed by atoms with Gasteiger partial charge >= 0.3 is 6.36 Å². The van der Waals surface area contributed by atoms with E-state index >= 15 is 0 Å². The van der Waals surface area contributed by atoms with Gasteiger partial charge in [-0.1, -0.05) is 29.8 Å². The van der Waals surface area contributed by atoms with Gasteiger partial charge in [0.1, 0.15) is 5.75 Å². The Bertz CT molecular complexity index is 672. The SMILES string of the molecule is FC(F)(F)Oc1cccc(C2Cc3ccc(Cl)cc3N2)c1. The fourth-order valence-corrected chi connectivity index (χ4v) is 2.62. The van der Waals surface area contributed by atoms with Crippen LogP contribution in [0.15, 0.2) is 42.5 Å². The van der Waals surface area contributed by atoms with E-state index in [-0.39, 0.29) is 11.8 Å². The lowest BCUT2D eigenvalue weighted by molar-refractivity contribution is -0.274. The van der Waals surface area contributed by atoms with Crippen molar-refractivity contribution in [1.29, 1.82) is 0 Å². The van der Waals surface area contributed by atoms with E-state index in [0.29, 0.717) is 11.4 Å². The number of fused-ring (bicyclic) bond motifs is 1. The lowest BCUT2D eigenvalue weighted by Gasteiger charge is -2.14. The van der Waals surface area contributed by atoms with Crippen molar-refractivity contribution in [2.75, 3.05) is 5.32 Å². The van der Waals surface area contributed by atoms with E-state index in [9.17, 15) is 13.2 Å². The predicted octanol–water partition coefficient (Wildman–Crippen LogP) is 4.95. The Labute approximate surface area is 124 Å². The summed E-state index contributed by atoms with van der Waals surface area (Å²) in [5.74, 6) is -0.212. The highest BCUT2D eigenvalue weighted by Crippen LogP contribution is 2.37. The van der Waals surface area contributed by atoms with Crippen molar-refractivity contribution in [1.82, 2.24) is 0 Å². The van der Waals surface area contributed by atoms with Crippen molar-refractivity contribution >= 4 is 17.3 Å². The Kier molecular flexibility index (Phi) is 3.45. The summed E-state index contributed by atoms with van der Waals surface area (Å²) in [5.41, 5.74) is 2.74. The first-order valence-electron chi connectivity index (χ1n) is 6.31. The molecule has 0 fully saturated rings. The third-order valence-corrected chi connectivity index (χ3v) is 3.55. The Morgan fingerprint density at radius 1 is 1.14 bits per heavy atom. The molecule has 6 heteroatoms. The maximum atomic E-state index is 12.3. The topological polar surface area (TPSA) is 21.3 Å². The molecule has 0 radical (unpaired) electrons. The molecule has 1 atom stereocenters. The number of rotatable bonds is 2. The molecule has 2 aromatic carbocycles. The summed E-state index contributed by atoms with van der Waals surface area (Å²) in [4.78, 5) is 0. The molecule has 0 saturated carbocycles. The van der Waals surface area contributed by atoms with Crippen molar-refractivity contribution in [3.05, 3.63) is 58.6 Å². The smallest absolute Gasteiger partial charge is 0.406 e. The molecule has 0 amide bonds. The van der Waals surface area contributed by atoms with Gasteiger partial charge in [-0.05, 0) is 41.8 Å². The standard InChI is InChI=1S/C15H11ClF3NO/c16-11-5-4-10-7-13(20-14(10)8-11)9-2-1-3-12(6-9)21-15(17,18)19/h1-6,8,13,20H,7H2. The highest BCUT2D eigenvalue weighted by atomic mass is 35.5. The Morgan fingerprint density at radius 2 is 1.95 bits per heavy atom. The van der Waals surface area contributed by atoms with Gasteiger partial charge in [0.25, 0.3) is 0 Å². The van der Waals surface area contributed by atoms with Crippen LogP contribution in [0.5, 0.6) is 5.75 Å². The molecule has 1 unspecified atom stereocenters. The Balaban J connectivity index is 1.82. The van der Waals surface area contributed by atoms with E-state index in [1.54, 1.807) is 18.2 Å². The number of nitrogens with one attached hydrogen (secondary N) is 1. The summed E-state index contributed by atoms with van der Waals surface area (Å²) < 4.78 is 40.7. The van der Waals surface area contributed by atoms with Gasteiger partial charge in [-0.2, -0.15) is 0 Å². The summed E-state index contributed by atoms with van der Waals surface area (Å²) in [6.07, 6.45) is -3.99. The maximum Gasteiger partial charge on any atom is 0.573 e. The van der Waals surface area contributed by atoms with Gasteiger partial charge in [-0.3, -0.25) is 0 Å². The second-order valence-electron chi connectivity index (χ2n) is 4.82. The van der Waals surface area contributed by atoms with Crippen LogP contribution in [-0.2, 0) is 6.42 Å². The van der Waals surface area contributed by atoms with E-state index in [2.05, 4.69) is 10.1 Å². The molecule has 110 valence electrons. The molecule has 1 N–H and O–H groups in total. The van der Waals surface area contributed by atoms with Gasteiger partial charge in [-0.25, -0.2) is 0 Å². The van der Waals surface area contributed by atoms with Crippen molar-refractivity contribution in [3.8, 4) is 5.75 Å². The number of hydrogen-bond acceptors (Lipinski definition) is 2. The van der Waals surface area contributed by atoms with Crippen LogP contribution < -0.4 is 10.1 Å². The number of hydrogen-bond donors (Lipinski definition) is 1. The number of ether oxygens (including phenoxy) is 1. The fraction of sp³-hybridized carbons (Fsp3) is 0.200. The fourth-order valence-electron chi connectivity index (χ4n) is 2.45. The quantitative estimate of drug-likeness (QED) is 0.847. The summed E-state index contributed by atoms with van der Waals surface area (Å²) in [5, 5.41) is 3.88. The Hall–Kier alpha value is -1.88. The molecular formula is C15H11ClF3NO. The molecule has 0 aliphatic carbocycles. The Morgan fingerprint density at radius 3 is 2.71 bits per heavy atom. The number of alkyl halides is 3. The van der Waals surface area contributed by atoms with Gasteiger partial charge in [-0.15, -0.1) is 13.2 Å². The van der Waals surface area contributed by atoms with Crippen LogP contribution in [0.2, 0.25) is 5.02 Å². The van der Waals surface area contributed by atoms with Gasteiger partial charge < -0.3 is 10.1 Å². The second kappa shape index (κ2) is 5.15. The van der Waals surface area contributed by atoms with E-state index in [4.69, 9.17) is 11.6 Å². The van der Waals surface area contributed by atoms with E-state index in [0.717, 1.165) is 16.8 Å². The second-order valence-corrected chi connectivity index (χ2v) is 5.26. The number of halogens is 4. The molecule has 0 saturated heterocycles. The number of anilines is 1. The van der Waals surface area contributed by atoms with Crippen molar-refractivity contribution in [2.45, 2.75) is 18.8 Å². The first kappa shape index (κ1) is 14.1. The lowest BCUT2D eigenvalue weighted by Crippen LogP contribution is -2.17. The van der Waals surface area contributed by atoms with Crippen molar-refractivity contribution < 1.29 is 17.9 Å². The lowest BCUT2D eigenvalue weighted by atomic mass is 10.0. The molecule has 3 rings (SSSR count).